The lowest BCUT2D eigenvalue weighted by Gasteiger charge is -2.29. The summed E-state index contributed by atoms with van der Waals surface area (Å²) in [6, 6.07) is 18.7. The van der Waals surface area contributed by atoms with Gasteiger partial charge in [0, 0.05) is 24.2 Å². The summed E-state index contributed by atoms with van der Waals surface area (Å²) in [4.78, 5) is 52.4. The van der Waals surface area contributed by atoms with Gasteiger partial charge in [0.1, 0.15) is 11.9 Å². The van der Waals surface area contributed by atoms with Crippen molar-refractivity contribution in [1.82, 2.24) is 15.5 Å². The highest BCUT2D eigenvalue weighted by Crippen LogP contribution is 2.29. The van der Waals surface area contributed by atoms with Crippen LogP contribution in [0.15, 0.2) is 83.8 Å². The molecular formula is C33H37FN4O7S. The van der Waals surface area contributed by atoms with E-state index in [0.29, 0.717) is 16.8 Å². The number of hydrogen-bond donors (Lipinski definition) is 3. The fourth-order valence-corrected chi connectivity index (χ4v) is 7.02. The molecule has 13 heteroatoms. The van der Waals surface area contributed by atoms with Gasteiger partial charge >= 0.3 is 12.0 Å². The highest BCUT2D eigenvalue weighted by atomic mass is 32.2. The van der Waals surface area contributed by atoms with Crippen molar-refractivity contribution in [2.45, 2.75) is 48.3 Å². The third kappa shape index (κ3) is 8.27. The van der Waals surface area contributed by atoms with Crippen molar-refractivity contribution >= 4 is 39.3 Å². The van der Waals surface area contributed by atoms with Crippen molar-refractivity contribution in [3.8, 4) is 0 Å². The number of anilines is 1. The molecule has 3 aromatic rings. The molecule has 4 rings (SSSR count). The number of nitrogens with zero attached hydrogens (tertiary/aromatic N) is 1. The van der Waals surface area contributed by atoms with Crippen LogP contribution in [-0.4, -0.2) is 75.2 Å². The number of ether oxygens (including phenoxy) is 1. The van der Waals surface area contributed by atoms with E-state index in [4.69, 9.17) is 0 Å². The number of esters is 1. The van der Waals surface area contributed by atoms with Gasteiger partial charge in [-0.3, -0.25) is 14.4 Å². The van der Waals surface area contributed by atoms with Crippen molar-refractivity contribution < 1.29 is 36.7 Å². The van der Waals surface area contributed by atoms with Crippen LogP contribution >= 0.6 is 0 Å². The molecule has 0 bridgehead atoms. The average molecular weight is 653 g/mol. The van der Waals surface area contributed by atoms with Gasteiger partial charge in [0.15, 0.2) is 9.84 Å². The van der Waals surface area contributed by atoms with Gasteiger partial charge in [0.05, 0.1) is 30.2 Å². The molecule has 3 N–H and O–H groups in total. The predicted octanol–water partition coefficient (Wildman–Crippen LogP) is 3.20. The second-order valence-corrected chi connectivity index (χ2v) is 13.8. The minimum absolute atomic E-state index is 0.00899. The smallest absolute Gasteiger partial charge is 0.319 e. The van der Waals surface area contributed by atoms with E-state index in [-0.39, 0.29) is 30.8 Å². The van der Waals surface area contributed by atoms with Crippen LogP contribution in [0.3, 0.4) is 0 Å². The Morgan fingerprint density at radius 1 is 0.957 bits per heavy atom. The van der Waals surface area contributed by atoms with E-state index in [9.17, 15) is 32.0 Å². The Morgan fingerprint density at radius 3 is 2.35 bits per heavy atom. The molecule has 11 nitrogen and oxygen atoms in total. The quantitative estimate of drug-likeness (QED) is 0.269. The van der Waals surface area contributed by atoms with Crippen LogP contribution in [-0.2, 0) is 40.8 Å². The highest BCUT2D eigenvalue weighted by molar-refractivity contribution is 7.92. The number of urea groups is 1. The molecule has 0 radical (unpaired) electrons. The lowest BCUT2D eigenvalue weighted by Crippen LogP contribution is -2.51. The van der Waals surface area contributed by atoms with Crippen molar-refractivity contribution in [2.75, 3.05) is 32.1 Å². The lowest BCUT2D eigenvalue weighted by atomic mass is 9.84. The van der Waals surface area contributed by atoms with E-state index in [1.165, 1.54) is 25.3 Å². The Balaban J connectivity index is 1.46. The average Bonchev–Trinajstić information content (AvgIpc) is 3.50. The van der Waals surface area contributed by atoms with Crippen LogP contribution in [0.2, 0.25) is 0 Å². The maximum Gasteiger partial charge on any atom is 0.319 e. The van der Waals surface area contributed by atoms with Crippen molar-refractivity contribution in [3.05, 3.63) is 95.8 Å². The summed E-state index contributed by atoms with van der Waals surface area (Å²) in [5, 5.41) is 6.75. The molecule has 244 valence electrons. The largest absolute Gasteiger partial charge is 0.469 e. The zero-order valence-electron chi connectivity index (χ0n) is 25.8. The first-order chi connectivity index (χ1) is 21.8. The third-order valence-electron chi connectivity index (χ3n) is 7.86. The zero-order chi connectivity index (χ0) is 33.5. The predicted molar refractivity (Wildman–Crippen MR) is 169 cm³/mol. The van der Waals surface area contributed by atoms with Gasteiger partial charge in [-0.25, -0.2) is 17.6 Å². The second-order valence-electron chi connectivity index (χ2n) is 11.6. The minimum atomic E-state index is -3.91. The molecule has 46 heavy (non-hydrogen) atoms. The van der Waals surface area contributed by atoms with Crippen LogP contribution in [0, 0.1) is 5.82 Å². The van der Waals surface area contributed by atoms with Gasteiger partial charge in [-0.2, -0.15) is 0 Å². The maximum atomic E-state index is 14.5. The molecular weight excluding hydrogens is 615 g/mol. The Bertz CT molecular complexity index is 1700. The standard InChI is InChI=1S/C33H37FN4O7S/c1-33(2,26-14-7-8-15-27(26)34)21-36-31(41)28-18-25(46(43,44)24-12-5-4-6-13-24)20-38(28)29(39)19-35-32(42)37-23-11-9-10-22(16-23)17-30(40)45-3/h4-16,25,28H,17-21H2,1-3H3,(H,36,41)(H2,35,37,42). The number of nitrogens with one attached hydrogen (secondary N) is 3. The Morgan fingerprint density at radius 2 is 1.65 bits per heavy atom. The monoisotopic (exact) mass is 652 g/mol. The third-order valence-corrected chi connectivity index (χ3v) is 10.0. The number of halogens is 1. The fraction of sp³-hybridized carbons (Fsp3) is 0.333. The van der Waals surface area contributed by atoms with Gasteiger partial charge < -0.3 is 25.6 Å². The van der Waals surface area contributed by atoms with E-state index in [1.807, 2.05) is 0 Å². The van der Waals surface area contributed by atoms with E-state index in [0.717, 1.165) is 4.90 Å². The Labute approximate surface area is 267 Å². The first kappa shape index (κ1) is 34.1. The number of hydrogen-bond acceptors (Lipinski definition) is 7. The molecule has 0 spiro atoms. The Hall–Kier alpha value is -4.78. The van der Waals surface area contributed by atoms with E-state index >= 15 is 0 Å². The van der Waals surface area contributed by atoms with Crippen LogP contribution < -0.4 is 16.0 Å². The van der Waals surface area contributed by atoms with Gasteiger partial charge in [0.25, 0.3) is 0 Å². The molecule has 3 aromatic carbocycles. The maximum absolute atomic E-state index is 14.5. The number of methoxy groups -OCH3 is 1. The van der Waals surface area contributed by atoms with Crippen molar-refractivity contribution in [3.63, 3.8) is 0 Å². The zero-order valence-corrected chi connectivity index (χ0v) is 26.6. The molecule has 2 unspecified atom stereocenters. The van der Waals surface area contributed by atoms with Gasteiger partial charge in [-0.05, 0) is 47.9 Å². The second kappa shape index (κ2) is 14.5. The molecule has 0 aromatic heterocycles. The number of carbonyl (C=O) groups excluding carboxylic acids is 4. The van der Waals surface area contributed by atoms with Crippen molar-refractivity contribution in [1.29, 1.82) is 0 Å². The normalized spacial score (nSPS) is 16.4. The summed E-state index contributed by atoms with van der Waals surface area (Å²) in [5.41, 5.74) is 0.564. The number of carbonyl (C=O) groups is 4. The number of likely N-dealkylation sites (tertiary alicyclic amines) is 1. The van der Waals surface area contributed by atoms with Gasteiger partial charge in [0.2, 0.25) is 11.8 Å². The summed E-state index contributed by atoms with van der Waals surface area (Å²) < 4.78 is 46.1. The number of amides is 4. The molecule has 1 fully saturated rings. The van der Waals surface area contributed by atoms with E-state index in [2.05, 4.69) is 20.7 Å². The molecule has 0 aliphatic carbocycles. The summed E-state index contributed by atoms with van der Waals surface area (Å²) in [7, 11) is -2.63. The SMILES string of the molecule is COC(=O)Cc1cccc(NC(=O)NCC(=O)N2CC(S(=O)(=O)c3ccccc3)CC2C(=O)NCC(C)(C)c2ccccc2F)c1. The molecule has 0 saturated carbocycles. The molecule has 1 heterocycles. The topological polar surface area (TPSA) is 151 Å². The molecule has 2 atom stereocenters. The number of benzene rings is 3. The molecule has 1 aliphatic rings. The van der Waals surface area contributed by atoms with Gasteiger partial charge in [-0.1, -0.05) is 62.4 Å². The molecule has 1 aliphatic heterocycles. The number of sulfone groups is 1. The number of rotatable bonds is 11. The van der Waals surface area contributed by atoms with Crippen LogP contribution in [0.4, 0.5) is 14.9 Å². The van der Waals surface area contributed by atoms with E-state index < -0.39 is 62.7 Å². The highest BCUT2D eigenvalue weighted by Gasteiger charge is 2.45. The lowest BCUT2D eigenvalue weighted by molar-refractivity contribution is -0.139. The fourth-order valence-electron chi connectivity index (χ4n) is 5.31. The van der Waals surface area contributed by atoms with E-state index in [1.54, 1.807) is 74.5 Å². The summed E-state index contributed by atoms with van der Waals surface area (Å²) in [5.74, 6) is -2.11. The van der Waals surface area contributed by atoms with Crippen molar-refractivity contribution in [2.24, 2.45) is 0 Å². The molecule has 1 saturated heterocycles. The summed E-state index contributed by atoms with van der Waals surface area (Å²) in [6.45, 7) is 2.77. The van der Waals surface area contributed by atoms with Crippen LogP contribution in [0.25, 0.3) is 0 Å². The Kier molecular flexibility index (Phi) is 10.8. The van der Waals surface area contributed by atoms with Gasteiger partial charge in [-0.15, -0.1) is 0 Å². The first-order valence-electron chi connectivity index (χ1n) is 14.6. The molecule has 4 amide bonds. The van der Waals surface area contributed by atoms with Crippen LogP contribution in [0.5, 0.6) is 0 Å². The minimum Gasteiger partial charge on any atom is -0.469 e. The first-order valence-corrected chi connectivity index (χ1v) is 16.2. The summed E-state index contributed by atoms with van der Waals surface area (Å²) >= 11 is 0. The van der Waals surface area contributed by atoms with Crippen LogP contribution in [0.1, 0.15) is 31.4 Å². The summed E-state index contributed by atoms with van der Waals surface area (Å²) in [6.07, 6.45) is -0.150.